The van der Waals surface area contributed by atoms with Crippen molar-refractivity contribution < 1.29 is 18.7 Å². The summed E-state index contributed by atoms with van der Waals surface area (Å²) in [6, 6.07) is 13.5. The van der Waals surface area contributed by atoms with Crippen LogP contribution in [0.25, 0.3) is 0 Å². The molecule has 2 aromatic rings. The minimum Gasteiger partial charge on any atom is -0.494 e. The van der Waals surface area contributed by atoms with Gasteiger partial charge in [-0.15, -0.1) is 0 Å². The Morgan fingerprint density at radius 2 is 1.22 bits per heavy atom. The van der Waals surface area contributed by atoms with Crippen LogP contribution in [0.5, 0.6) is 5.75 Å². The van der Waals surface area contributed by atoms with Gasteiger partial charge < -0.3 is 14.3 Å². The second kappa shape index (κ2) is 14.7. The monoisotopic (exact) mass is 444 g/mol. The van der Waals surface area contributed by atoms with Crippen LogP contribution in [0.1, 0.15) is 51.4 Å². The number of halogens is 1. The van der Waals surface area contributed by atoms with E-state index < -0.39 is 0 Å². The first-order valence-corrected chi connectivity index (χ1v) is 11.8. The lowest BCUT2D eigenvalue weighted by molar-refractivity contribution is -0.890. The Balaban J connectivity index is 1.48. The van der Waals surface area contributed by atoms with Crippen LogP contribution in [0.15, 0.2) is 58.8 Å². The topological polar surface area (TPSA) is 54.2 Å². The van der Waals surface area contributed by atoms with Gasteiger partial charge in [-0.25, -0.2) is 4.39 Å². The van der Waals surface area contributed by atoms with Crippen LogP contribution in [0.4, 0.5) is 15.8 Å². The maximum absolute atomic E-state index is 12.9. The number of azo groups is 1. The normalized spacial score (nSPS) is 11.9. The first-order chi connectivity index (χ1) is 15.5. The fourth-order valence-corrected chi connectivity index (χ4v) is 3.51. The molecule has 5 nitrogen and oxygen atoms in total. The molecule has 0 saturated carbocycles. The maximum Gasteiger partial charge on any atom is 0.123 e. The third kappa shape index (κ3) is 11.3. The molecule has 0 saturated heterocycles. The van der Waals surface area contributed by atoms with Gasteiger partial charge in [0.05, 0.1) is 45.2 Å². The molecule has 0 aromatic heterocycles. The first-order valence-electron chi connectivity index (χ1n) is 11.8. The number of quaternary nitrogens is 1. The van der Waals surface area contributed by atoms with Crippen molar-refractivity contribution in [2.45, 2.75) is 51.4 Å². The average Bonchev–Trinajstić information content (AvgIpc) is 2.78. The number of rotatable bonds is 16. The molecule has 0 fully saturated rings. The molecule has 2 aromatic carbocycles. The number of benzene rings is 2. The predicted octanol–water partition coefficient (Wildman–Crippen LogP) is 6.81. The Labute approximate surface area is 192 Å². The third-order valence-electron chi connectivity index (χ3n) is 5.58. The van der Waals surface area contributed by atoms with Crippen LogP contribution in [0.2, 0.25) is 0 Å². The van der Waals surface area contributed by atoms with Gasteiger partial charge in [-0.05, 0) is 67.8 Å². The molecule has 0 amide bonds. The number of aliphatic hydroxyl groups excluding tert-OH is 1. The summed E-state index contributed by atoms with van der Waals surface area (Å²) >= 11 is 0. The number of hydrogen-bond acceptors (Lipinski definition) is 4. The minimum atomic E-state index is -0.282. The summed E-state index contributed by atoms with van der Waals surface area (Å²) in [5, 5.41) is 17.3. The van der Waals surface area contributed by atoms with Gasteiger partial charge in [-0.1, -0.05) is 32.1 Å². The lowest BCUT2D eigenvalue weighted by atomic mass is 10.1. The second-order valence-electron chi connectivity index (χ2n) is 8.95. The van der Waals surface area contributed by atoms with Crippen LogP contribution in [0, 0.1) is 5.82 Å². The zero-order chi connectivity index (χ0) is 23.1. The number of aliphatic hydroxyl groups is 1. The number of hydrogen-bond donors (Lipinski definition) is 1. The minimum absolute atomic E-state index is 0.271. The molecule has 2 rings (SSSR count). The number of likely N-dealkylation sites (N-methyl/N-ethyl adjacent to an activating group) is 1. The van der Waals surface area contributed by atoms with Crippen molar-refractivity contribution in [3.05, 3.63) is 54.3 Å². The van der Waals surface area contributed by atoms with Gasteiger partial charge in [-0.3, -0.25) is 0 Å². The van der Waals surface area contributed by atoms with Crippen LogP contribution in [-0.4, -0.2) is 50.0 Å². The summed E-state index contributed by atoms with van der Waals surface area (Å²) in [4.78, 5) is 0. The highest BCUT2D eigenvalue weighted by molar-refractivity contribution is 5.42. The van der Waals surface area contributed by atoms with Crippen molar-refractivity contribution in [2.24, 2.45) is 10.2 Å². The average molecular weight is 445 g/mol. The summed E-state index contributed by atoms with van der Waals surface area (Å²) in [7, 11) is 4.38. The molecule has 176 valence electrons. The van der Waals surface area contributed by atoms with E-state index in [1.165, 1.54) is 57.1 Å². The Hall–Kier alpha value is -2.31. The number of unbranched alkanes of at least 4 members (excludes halogenated alkanes) is 7. The molecule has 6 heteroatoms. The lowest BCUT2D eigenvalue weighted by Gasteiger charge is -2.28. The zero-order valence-corrected chi connectivity index (χ0v) is 19.7. The molecule has 0 aliphatic carbocycles. The Morgan fingerprint density at radius 3 is 1.78 bits per heavy atom. The van der Waals surface area contributed by atoms with Crippen LogP contribution >= 0.6 is 0 Å². The van der Waals surface area contributed by atoms with Gasteiger partial charge in [0.2, 0.25) is 0 Å². The molecule has 32 heavy (non-hydrogen) atoms. The van der Waals surface area contributed by atoms with E-state index >= 15 is 0 Å². The molecule has 1 N–H and O–H groups in total. The summed E-state index contributed by atoms with van der Waals surface area (Å²) in [5.74, 6) is 0.559. The van der Waals surface area contributed by atoms with E-state index in [1.807, 2.05) is 24.3 Å². The first kappa shape index (κ1) is 25.9. The van der Waals surface area contributed by atoms with E-state index in [0.29, 0.717) is 5.69 Å². The summed E-state index contributed by atoms with van der Waals surface area (Å²) in [6.07, 6.45) is 9.97. The molecule has 0 spiro atoms. The summed E-state index contributed by atoms with van der Waals surface area (Å²) in [5.41, 5.74) is 1.35. The van der Waals surface area contributed by atoms with Gasteiger partial charge in [-0.2, -0.15) is 10.2 Å². The predicted molar refractivity (Wildman–Crippen MR) is 128 cm³/mol. The Bertz CT molecular complexity index is 777. The molecule has 0 bridgehead atoms. The summed E-state index contributed by atoms with van der Waals surface area (Å²) < 4.78 is 19.6. The van der Waals surface area contributed by atoms with Gasteiger partial charge in [0.25, 0.3) is 0 Å². The van der Waals surface area contributed by atoms with Crippen molar-refractivity contribution in [3.63, 3.8) is 0 Å². The van der Waals surface area contributed by atoms with Crippen molar-refractivity contribution in [2.75, 3.05) is 40.4 Å². The van der Waals surface area contributed by atoms with E-state index in [0.717, 1.165) is 42.0 Å². The molecule has 0 radical (unpaired) electrons. The van der Waals surface area contributed by atoms with Crippen LogP contribution in [-0.2, 0) is 0 Å². The van der Waals surface area contributed by atoms with Crippen molar-refractivity contribution in [1.29, 1.82) is 0 Å². The van der Waals surface area contributed by atoms with Crippen molar-refractivity contribution >= 4 is 11.4 Å². The standard InChI is InChI=1S/C26H39FN3O2/c1-30(2,20-21-31)19-9-7-5-3-4-6-8-10-22-32-26-17-15-25(16-18-26)29-28-24-13-11-23(27)12-14-24/h11-18,31H,3-10,19-22H2,1-2H3/q+1. The van der Waals surface area contributed by atoms with Crippen LogP contribution in [0.3, 0.4) is 0 Å². The highest BCUT2D eigenvalue weighted by Gasteiger charge is 2.12. The van der Waals surface area contributed by atoms with Gasteiger partial charge in [0.15, 0.2) is 0 Å². The third-order valence-corrected chi connectivity index (χ3v) is 5.58. The fraction of sp³-hybridized carbons (Fsp3) is 0.538. The van der Waals surface area contributed by atoms with E-state index in [1.54, 1.807) is 12.1 Å². The maximum atomic E-state index is 12.9. The highest BCUT2D eigenvalue weighted by atomic mass is 19.1. The molecular weight excluding hydrogens is 405 g/mol. The second-order valence-corrected chi connectivity index (χ2v) is 8.95. The van der Waals surface area contributed by atoms with Crippen LogP contribution < -0.4 is 4.74 Å². The Morgan fingerprint density at radius 1 is 0.719 bits per heavy atom. The number of ether oxygens (including phenoxy) is 1. The van der Waals surface area contributed by atoms with Crippen molar-refractivity contribution in [1.82, 2.24) is 0 Å². The lowest BCUT2D eigenvalue weighted by Crippen LogP contribution is -2.42. The molecule has 0 aliphatic heterocycles. The van der Waals surface area contributed by atoms with Crippen molar-refractivity contribution in [3.8, 4) is 5.75 Å². The van der Waals surface area contributed by atoms with Gasteiger partial charge in [0.1, 0.15) is 18.1 Å². The highest BCUT2D eigenvalue weighted by Crippen LogP contribution is 2.21. The number of nitrogens with zero attached hydrogens (tertiary/aromatic N) is 3. The molecule has 0 unspecified atom stereocenters. The largest absolute Gasteiger partial charge is 0.494 e. The SMILES string of the molecule is C[N+](C)(CCO)CCCCCCCCCCOc1ccc(N=Nc2ccc(F)cc2)cc1. The van der Waals surface area contributed by atoms with Gasteiger partial charge in [0, 0.05) is 0 Å². The van der Waals surface area contributed by atoms with E-state index in [9.17, 15) is 4.39 Å². The zero-order valence-electron chi connectivity index (χ0n) is 19.7. The van der Waals surface area contributed by atoms with E-state index in [4.69, 9.17) is 9.84 Å². The molecule has 0 heterocycles. The van der Waals surface area contributed by atoms with E-state index in [-0.39, 0.29) is 12.4 Å². The Kier molecular flexibility index (Phi) is 11.9. The molecular formula is C26H39FN3O2+. The smallest absolute Gasteiger partial charge is 0.123 e. The molecule has 0 atom stereocenters. The summed E-state index contributed by atoms with van der Waals surface area (Å²) in [6.45, 7) is 2.99. The van der Waals surface area contributed by atoms with Gasteiger partial charge >= 0.3 is 0 Å². The quantitative estimate of drug-likeness (QED) is 0.176. The molecule has 0 aliphatic rings. The van der Waals surface area contributed by atoms with E-state index in [2.05, 4.69) is 24.3 Å². The fourth-order valence-electron chi connectivity index (χ4n) is 3.51.